The molecule has 0 aliphatic carbocycles. The molecule has 1 aromatic carbocycles. The van der Waals surface area contributed by atoms with Gasteiger partial charge in [0.25, 0.3) is 0 Å². The molecule has 1 aromatic rings. The molecule has 0 fully saturated rings. The molecule has 116 valence electrons. The number of aryl methyl sites for hydroxylation is 1. The van der Waals surface area contributed by atoms with Gasteiger partial charge >= 0.3 is 5.97 Å². The van der Waals surface area contributed by atoms with Crippen molar-refractivity contribution in [2.75, 3.05) is 6.61 Å². The fraction of sp³-hybridized carbons (Fsp3) is 0.500. The van der Waals surface area contributed by atoms with Crippen LogP contribution in [0.5, 0.6) is 0 Å². The summed E-state index contributed by atoms with van der Waals surface area (Å²) < 4.78 is 4.98. The van der Waals surface area contributed by atoms with Crippen molar-refractivity contribution < 1.29 is 9.53 Å². The maximum atomic E-state index is 11.6. The molecule has 1 rings (SSSR count). The Hall–Kier alpha value is -1.28. The van der Waals surface area contributed by atoms with Crippen molar-refractivity contribution in [1.29, 1.82) is 0 Å². The Labute approximate surface area is 133 Å². The molecule has 0 heterocycles. The van der Waals surface area contributed by atoms with Crippen LogP contribution in [0, 0.1) is 5.92 Å². The van der Waals surface area contributed by atoms with E-state index in [1.165, 1.54) is 5.56 Å². The normalized spacial score (nSPS) is 12.0. The van der Waals surface area contributed by atoms with Gasteiger partial charge in [0.1, 0.15) is 0 Å². The lowest BCUT2D eigenvalue weighted by molar-refractivity contribution is -0.138. The fourth-order valence-electron chi connectivity index (χ4n) is 2.36. The molecule has 0 aliphatic rings. The Morgan fingerprint density at radius 2 is 1.95 bits per heavy atom. The first-order valence-corrected chi connectivity index (χ1v) is 8.03. The minimum absolute atomic E-state index is 0.256. The van der Waals surface area contributed by atoms with Crippen LogP contribution in [0.15, 0.2) is 36.4 Å². The van der Waals surface area contributed by atoms with Gasteiger partial charge in [-0.2, -0.15) is 0 Å². The van der Waals surface area contributed by atoms with Gasteiger partial charge < -0.3 is 4.74 Å². The van der Waals surface area contributed by atoms with E-state index >= 15 is 0 Å². The van der Waals surface area contributed by atoms with E-state index in [1.54, 1.807) is 0 Å². The number of esters is 1. The van der Waals surface area contributed by atoms with E-state index in [-0.39, 0.29) is 5.97 Å². The van der Waals surface area contributed by atoms with Crippen molar-refractivity contribution in [2.24, 2.45) is 5.92 Å². The number of benzene rings is 1. The number of hydrogen-bond donors (Lipinski definition) is 0. The summed E-state index contributed by atoms with van der Waals surface area (Å²) >= 11 is 5.88. The molecule has 0 aliphatic heterocycles. The van der Waals surface area contributed by atoms with Crippen molar-refractivity contribution in [3.05, 3.63) is 47.0 Å². The van der Waals surface area contributed by atoms with E-state index in [4.69, 9.17) is 16.3 Å². The minimum Gasteiger partial charge on any atom is -0.463 e. The predicted molar refractivity (Wildman–Crippen MR) is 88.6 cm³/mol. The van der Waals surface area contributed by atoms with Gasteiger partial charge in [0.2, 0.25) is 0 Å². The van der Waals surface area contributed by atoms with E-state index in [1.807, 2.05) is 19.1 Å². The first-order chi connectivity index (χ1) is 10.1. The molecule has 0 bridgehead atoms. The highest BCUT2D eigenvalue weighted by Crippen LogP contribution is 2.22. The highest BCUT2D eigenvalue weighted by molar-refractivity contribution is 6.30. The second-order valence-corrected chi connectivity index (χ2v) is 5.76. The zero-order chi connectivity index (χ0) is 15.7. The smallest absolute Gasteiger partial charge is 0.333 e. The summed E-state index contributed by atoms with van der Waals surface area (Å²) in [5, 5.41) is 0.774. The van der Waals surface area contributed by atoms with Crippen molar-refractivity contribution in [1.82, 2.24) is 0 Å². The summed E-state index contributed by atoms with van der Waals surface area (Å²) in [6, 6.07) is 8.00. The fourth-order valence-corrected chi connectivity index (χ4v) is 2.49. The molecule has 0 saturated carbocycles. The SMILES string of the molecule is C=C(CC(CC)CCCc1ccc(Cl)cc1)C(=O)OCC. The number of hydrogen-bond acceptors (Lipinski definition) is 2. The quantitative estimate of drug-likeness (QED) is 0.463. The number of halogens is 1. The summed E-state index contributed by atoms with van der Waals surface area (Å²) in [5.41, 5.74) is 1.90. The molecule has 1 atom stereocenters. The number of carbonyl (C=O) groups is 1. The van der Waals surface area contributed by atoms with Crippen LogP contribution in [0.2, 0.25) is 5.02 Å². The molecule has 0 saturated heterocycles. The molecule has 0 spiro atoms. The van der Waals surface area contributed by atoms with Crippen molar-refractivity contribution >= 4 is 17.6 Å². The average Bonchev–Trinajstić information content (AvgIpc) is 2.48. The van der Waals surface area contributed by atoms with Crippen LogP contribution < -0.4 is 0 Å². The monoisotopic (exact) mass is 308 g/mol. The molecular formula is C18H25ClO2. The van der Waals surface area contributed by atoms with E-state index in [2.05, 4.69) is 25.6 Å². The van der Waals surface area contributed by atoms with E-state index in [0.717, 1.165) is 37.1 Å². The van der Waals surface area contributed by atoms with Gasteiger partial charge in [-0.05, 0) is 56.2 Å². The summed E-state index contributed by atoms with van der Waals surface area (Å²) in [7, 11) is 0. The number of ether oxygens (including phenoxy) is 1. The third-order valence-corrected chi connectivity index (χ3v) is 3.92. The summed E-state index contributed by atoms with van der Waals surface area (Å²) in [5.74, 6) is 0.239. The van der Waals surface area contributed by atoms with Crippen molar-refractivity contribution in [3.63, 3.8) is 0 Å². The Morgan fingerprint density at radius 1 is 1.29 bits per heavy atom. The van der Waals surface area contributed by atoms with Gasteiger partial charge in [0.15, 0.2) is 0 Å². The molecule has 0 amide bonds. The Bertz CT molecular complexity index is 451. The second kappa shape index (κ2) is 9.62. The van der Waals surface area contributed by atoms with Crippen LogP contribution in [0.25, 0.3) is 0 Å². The van der Waals surface area contributed by atoms with E-state index in [0.29, 0.717) is 18.1 Å². The Morgan fingerprint density at radius 3 is 2.52 bits per heavy atom. The standard InChI is InChI=1S/C18H25ClO2/c1-4-15(13-14(3)18(20)21-5-2)7-6-8-16-9-11-17(19)12-10-16/h9-12,15H,3-8,13H2,1-2H3. The Kier molecular flexibility index (Phi) is 8.14. The molecule has 0 aromatic heterocycles. The zero-order valence-electron chi connectivity index (χ0n) is 13.0. The van der Waals surface area contributed by atoms with Crippen LogP contribution in [-0.4, -0.2) is 12.6 Å². The molecule has 0 N–H and O–H groups in total. The molecular weight excluding hydrogens is 284 g/mol. The third-order valence-electron chi connectivity index (χ3n) is 3.67. The first kappa shape index (κ1) is 17.8. The topological polar surface area (TPSA) is 26.3 Å². The summed E-state index contributed by atoms with van der Waals surface area (Å²) in [4.78, 5) is 11.6. The van der Waals surface area contributed by atoms with E-state index < -0.39 is 0 Å². The largest absolute Gasteiger partial charge is 0.463 e. The number of carbonyl (C=O) groups excluding carboxylic acids is 1. The van der Waals surface area contributed by atoms with Crippen LogP contribution in [-0.2, 0) is 16.0 Å². The van der Waals surface area contributed by atoms with Crippen LogP contribution in [0.1, 0.15) is 45.1 Å². The number of rotatable bonds is 9. The zero-order valence-corrected chi connectivity index (χ0v) is 13.8. The molecule has 2 nitrogen and oxygen atoms in total. The maximum Gasteiger partial charge on any atom is 0.333 e. The average molecular weight is 309 g/mol. The first-order valence-electron chi connectivity index (χ1n) is 7.66. The van der Waals surface area contributed by atoms with Gasteiger partial charge in [0.05, 0.1) is 6.61 Å². The van der Waals surface area contributed by atoms with Gasteiger partial charge in [-0.1, -0.05) is 43.7 Å². The lowest BCUT2D eigenvalue weighted by Crippen LogP contribution is -2.11. The summed E-state index contributed by atoms with van der Waals surface area (Å²) in [6.07, 6.45) is 5.03. The lowest BCUT2D eigenvalue weighted by Gasteiger charge is -2.15. The molecule has 21 heavy (non-hydrogen) atoms. The van der Waals surface area contributed by atoms with Crippen LogP contribution in [0.3, 0.4) is 0 Å². The lowest BCUT2D eigenvalue weighted by atomic mass is 9.91. The predicted octanol–water partition coefficient (Wildman–Crippen LogP) is 5.20. The highest BCUT2D eigenvalue weighted by atomic mass is 35.5. The summed E-state index contributed by atoms with van der Waals surface area (Å²) in [6.45, 7) is 8.23. The Balaban J connectivity index is 2.35. The maximum absolute atomic E-state index is 11.6. The van der Waals surface area contributed by atoms with Crippen LogP contribution >= 0.6 is 11.6 Å². The second-order valence-electron chi connectivity index (χ2n) is 5.32. The van der Waals surface area contributed by atoms with Gasteiger partial charge in [-0.3, -0.25) is 0 Å². The van der Waals surface area contributed by atoms with Crippen molar-refractivity contribution in [2.45, 2.75) is 46.0 Å². The molecule has 0 radical (unpaired) electrons. The van der Waals surface area contributed by atoms with E-state index in [9.17, 15) is 4.79 Å². The van der Waals surface area contributed by atoms with Gasteiger partial charge in [-0.15, -0.1) is 0 Å². The van der Waals surface area contributed by atoms with Gasteiger partial charge in [0, 0.05) is 10.6 Å². The third kappa shape index (κ3) is 6.81. The van der Waals surface area contributed by atoms with Gasteiger partial charge in [-0.25, -0.2) is 4.79 Å². The minimum atomic E-state index is -0.256. The van der Waals surface area contributed by atoms with Crippen molar-refractivity contribution in [3.8, 4) is 0 Å². The molecule has 3 heteroatoms. The highest BCUT2D eigenvalue weighted by Gasteiger charge is 2.14. The molecule has 1 unspecified atom stereocenters. The van der Waals surface area contributed by atoms with Crippen LogP contribution in [0.4, 0.5) is 0 Å².